The summed E-state index contributed by atoms with van der Waals surface area (Å²) in [6, 6.07) is 0. The minimum Gasteiger partial charge on any atom is -0.481 e. The van der Waals surface area contributed by atoms with Gasteiger partial charge in [-0.25, -0.2) is 0 Å². The summed E-state index contributed by atoms with van der Waals surface area (Å²) < 4.78 is 0. The maximum absolute atomic E-state index is 11.2. The molecule has 3 nitrogen and oxygen atoms in total. The monoisotopic (exact) mass is 172 g/mol. The lowest BCUT2D eigenvalue weighted by atomic mass is 9.97. The fraction of sp³-hybridized carbons (Fsp3) is 0.778. The molecule has 0 rings (SSSR count). The molecule has 0 aliphatic heterocycles. The number of carboxylic acids is 1. The Morgan fingerprint density at radius 3 is 2.25 bits per heavy atom. The van der Waals surface area contributed by atoms with Gasteiger partial charge in [-0.3, -0.25) is 9.59 Å². The van der Waals surface area contributed by atoms with Crippen LogP contribution in [0.2, 0.25) is 0 Å². The van der Waals surface area contributed by atoms with Gasteiger partial charge in [0, 0.05) is 6.42 Å². The summed E-state index contributed by atoms with van der Waals surface area (Å²) >= 11 is 0. The number of ketones is 1. The van der Waals surface area contributed by atoms with Gasteiger partial charge in [-0.1, -0.05) is 20.3 Å². The highest BCUT2D eigenvalue weighted by molar-refractivity contribution is 5.98. The van der Waals surface area contributed by atoms with Crippen LogP contribution in [-0.4, -0.2) is 16.9 Å². The predicted molar refractivity (Wildman–Crippen MR) is 45.9 cm³/mol. The molecular formula is C9H16O3. The van der Waals surface area contributed by atoms with Gasteiger partial charge in [0.05, 0.1) is 0 Å². The van der Waals surface area contributed by atoms with E-state index in [1.165, 1.54) is 0 Å². The van der Waals surface area contributed by atoms with E-state index in [1.807, 2.05) is 6.92 Å². The van der Waals surface area contributed by atoms with E-state index < -0.39 is 11.9 Å². The van der Waals surface area contributed by atoms with Crippen molar-refractivity contribution < 1.29 is 14.7 Å². The second-order valence-electron chi connectivity index (χ2n) is 2.87. The maximum atomic E-state index is 11.2. The zero-order valence-electron chi connectivity index (χ0n) is 7.67. The predicted octanol–water partition coefficient (Wildman–Crippen LogP) is 1.86. The van der Waals surface area contributed by atoms with Crippen molar-refractivity contribution >= 4 is 11.8 Å². The third kappa shape index (κ3) is 3.51. The number of hydrogen-bond acceptors (Lipinski definition) is 2. The Morgan fingerprint density at radius 2 is 1.92 bits per heavy atom. The number of Topliss-reactive ketones (excluding diaryl/α,β-unsaturated/α-hetero) is 1. The molecule has 0 aromatic carbocycles. The van der Waals surface area contributed by atoms with E-state index in [4.69, 9.17) is 5.11 Å². The summed E-state index contributed by atoms with van der Waals surface area (Å²) in [6.07, 6.45) is 2.53. The zero-order valence-corrected chi connectivity index (χ0v) is 7.67. The molecule has 0 fully saturated rings. The molecule has 3 heteroatoms. The number of rotatable bonds is 6. The first kappa shape index (κ1) is 11.1. The molecular weight excluding hydrogens is 156 g/mol. The van der Waals surface area contributed by atoms with Crippen molar-refractivity contribution in [1.29, 1.82) is 0 Å². The third-order valence-corrected chi connectivity index (χ3v) is 1.87. The summed E-state index contributed by atoms with van der Waals surface area (Å²) in [6.45, 7) is 3.71. The molecule has 0 heterocycles. The third-order valence-electron chi connectivity index (χ3n) is 1.87. The van der Waals surface area contributed by atoms with Crippen LogP contribution >= 0.6 is 0 Å². The van der Waals surface area contributed by atoms with Gasteiger partial charge in [0.25, 0.3) is 0 Å². The Hall–Kier alpha value is -0.860. The average Bonchev–Trinajstić information content (AvgIpc) is 2.01. The van der Waals surface area contributed by atoms with Gasteiger partial charge < -0.3 is 5.11 Å². The number of carbonyl (C=O) groups excluding carboxylic acids is 1. The van der Waals surface area contributed by atoms with Crippen molar-refractivity contribution in [2.75, 3.05) is 0 Å². The van der Waals surface area contributed by atoms with Gasteiger partial charge in [0.1, 0.15) is 11.7 Å². The molecule has 0 aromatic heterocycles. The lowest BCUT2D eigenvalue weighted by molar-refractivity contribution is -0.146. The molecule has 0 aromatic rings. The number of hydrogen-bond donors (Lipinski definition) is 1. The molecule has 0 aliphatic carbocycles. The molecule has 12 heavy (non-hydrogen) atoms. The van der Waals surface area contributed by atoms with Crippen LogP contribution < -0.4 is 0 Å². The Bertz CT molecular complexity index is 163. The molecule has 0 radical (unpaired) electrons. The SMILES string of the molecule is CCCCC(=O)C(CC)C(=O)O. The minimum absolute atomic E-state index is 0.133. The highest BCUT2D eigenvalue weighted by atomic mass is 16.4. The van der Waals surface area contributed by atoms with Gasteiger partial charge in [0.15, 0.2) is 0 Å². The normalized spacial score (nSPS) is 12.5. The summed E-state index contributed by atoms with van der Waals surface area (Å²) in [7, 11) is 0. The lowest BCUT2D eigenvalue weighted by Crippen LogP contribution is -2.22. The topological polar surface area (TPSA) is 54.4 Å². The molecule has 0 saturated heterocycles. The van der Waals surface area contributed by atoms with E-state index in [0.29, 0.717) is 12.8 Å². The smallest absolute Gasteiger partial charge is 0.314 e. The van der Waals surface area contributed by atoms with Crippen molar-refractivity contribution in [3.8, 4) is 0 Å². The van der Waals surface area contributed by atoms with E-state index in [9.17, 15) is 9.59 Å². The Kier molecular flexibility index (Phi) is 5.34. The molecule has 0 aliphatic rings. The van der Waals surface area contributed by atoms with Gasteiger partial charge >= 0.3 is 5.97 Å². The standard InChI is InChI=1S/C9H16O3/c1-3-5-6-8(10)7(4-2)9(11)12/h7H,3-6H2,1-2H3,(H,11,12). The largest absolute Gasteiger partial charge is 0.481 e. The van der Waals surface area contributed by atoms with Crippen molar-refractivity contribution in [3.63, 3.8) is 0 Å². The summed E-state index contributed by atoms with van der Waals surface area (Å²) in [5.74, 6) is -1.90. The van der Waals surface area contributed by atoms with Crippen molar-refractivity contribution in [2.45, 2.75) is 39.5 Å². The van der Waals surface area contributed by atoms with Crippen LogP contribution in [0.4, 0.5) is 0 Å². The molecule has 70 valence electrons. The fourth-order valence-electron chi connectivity index (χ4n) is 1.07. The Morgan fingerprint density at radius 1 is 1.33 bits per heavy atom. The number of aliphatic carboxylic acids is 1. The van der Waals surface area contributed by atoms with Crippen LogP contribution in [0.1, 0.15) is 39.5 Å². The molecule has 0 saturated carbocycles. The number of carbonyl (C=O) groups is 2. The van der Waals surface area contributed by atoms with Gasteiger partial charge in [0.2, 0.25) is 0 Å². The minimum atomic E-state index is -0.987. The van der Waals surface area contributed by atoms with Crippen LogP contribution in [-0.2, 0) is 9.59 Å². The van der Waals surface area contributed by atoms with E-state index in [2.05, 4.69) is 0 Å². The van der Waals surface area contributed by atoms with Gasteiger partial charge in [-0.05, 0) is 12.8 Å². The number of unbranched alkanes of at least 4 members (excludes halogenated alkanes) is 1. The van der Waals surface area contributed by atoms with E-state index in [1.54, 1.807) is 6.92 Å². The van der Waals surface area contributed by atoms with Crippen molar-refractivity contribution in [1.82, 2.24) is 0 Å². The molecule has 0 amide bonds. The van der Waals surface area contributed by atoms with E-state index >= 15 is 0 Å². The molecule has 1 N–H and O–H groups in total. The van der Waals surface area contributed by atoms with Crippen molar-refractivity contribution in [2.24, 2.45) is 5.92 Å². The van der Waals surface area contributed by atoms with Gasteiger partial charge in [-0.15, -0.1) is 0 Å². The fourth-order valence-corrected chi connectivity index (χ4v) is 1.07. The zero-order chi connectivity index (χ0) is 9.56. The van der Waals surface area contributed by atoms with Crippen molar-refractivity contribution in [3.05, 3.63) is 0 Å². The van der Waals surface area contributed by atoms with Crippen LogP contribution in [0.3, 0.4) is 0 Å². The lowest BCUT2D eigenvalue weighted by Gasteiger charge is -2.06. The highest BCUT2D eigenvalue weighted by Crippen LogP contribution is 2.09. The maximum Gasteiger partial charge on any atom is 0.314 e. The quantitative estimate of drug-likeness (QED) is 0.622. The van der Waals surface area contributed by atoms with E-state index in [0.717, 1.165) is 12.8 Å². The van der Waals surface area contributed by atoms with Crippen LogP contribution in [0.5, 0.6) is 0 Å². The van der Waals surface area contributed by atoms with Crippen LogP contribution in [0, 0.1) is 5.92 Å². The first-order chi connectivity index (χ1) is 5.63. The van der Waals surface area contributed by atoms with Crippen LogP contribution in [0.15, 0.2) is 0 Å². The summed E-state index contributed by atoms with van der Waals surface area (Å²) in [5.41, 5.74) is 0. The molecule has 1 atom stereocenters. The summed E-state index contributed by atoms with van der Waals surface area (Å²) in [4.78, 5) is 21.7. The first-order valence-corrected chi connectivity index (χ1v) is 4.39. The highest BCUT2D eigenvalue weighted by Gasteiger charge is 2.22. The summed E-state index contributed by atoms with van der Waals surface area (Å²) in [5, 5.41) is 8.62. The first-order valence-electron chi connectivity index (χ1n) is 4.39. The average molecular weight is 172 g/mol. The van der Waals surface area contributed by atoms with Gasteiger partial charge in [-0.2, -0.15) is 0 Å². The molecule has 0 bridgehead atoms. The van der Waals surface area contributed by atoms with Crippen LogP contribution in [0.25, 0.3) is 0 Å². The Labute approximate surface area is 72.8 Å². The molecule has 1 unspecified atom stereocenters. The van der Waals surface area contributed by atoms with E-state index in [-0.39, 0.29) is 5.78 Å². The second kappa shape index (κ2) is 5.75. The molecule has 0 spiro atoms. The second-order valence-corrected chi connectivity index (χ2v) is 2.87. The Balaban J connectivity index is 3.95. The number of carboxylic acid groups (broad SMARTS) is 1.